The maximum Gasteiger partial charge on any atom is 0.416 e. The summed E-state index contributed by atoms with van der Waals surface area (Å²) >= 11 is 0. The molecule has 3 rings (SSSR count). The highest BCUT2D eigenvalue weighted by Gasteiger charge is 2.32. The molecule has 21 heavy (non-hydrogen) atoms. The Labute approximate surface area is 126 Å². The van der Waals surface area contributed by atoms with Crippen molar-refractivity contribution in [1.82, 2.24) is 4.98 Å². The van der Waals surface area contributed by atoms with Crippen LogP contribution in [-0.2, 0) is 12.6 Å². The first kappa shape index (κ1) is 15.4. The SMILES string of the molecule is Cl.FC(F)(F)c1ccccc1Cc1c[nH]c2ccccc12. The van der Waals surface area contributed by atoms with Gasteiger partial charge in [-0.2, -0.15) is 13.2 Å². The molecule has 0 amide bonds. The summed E-state index contributed by atoms with van der Waals surface area (Å²) in [4.78, 5) is 3.09. The van der Waals surface area contributed by atoms with Crippen LogP contribution in [0.4, 0.5) is 13.2 Å². The Morgan fingerprint density at radius 3 is 2.29 bits per heavy atom. The lowest BCUT2D eigenvalue weighted by molar-refractivity contribution is -0.138. The van der Waals surface area contributed by atoms with Gasteiger partial charge in [0.15, 0.2) is 0 Å². The lowest BCUT2D eigenvalue weighted by Crippen LogP contribution is -2.09. The number of benzene rings is 2. The van der Waals surface area contributed by atoms with E-state index in [-0.39, 0.29) is 18.8 Å². The van der Waals surface area contributed by atoms with E-state index in [0.717, 1.165) is 22.5 Å². The van der Waals surface area contributed by atoms with Gasteiger partial charge in [-0.15, -0.1) is 12.4 Å². The van der Waals surface area contributed by atoms with Crippen LogP contribution in [0, 0.1) is 0 Å². The standard InChI is InChI=1S/C16H12F3N.ClH/c17-16(18,19)14-7-3-1-5-11(14)9-12-10-20-15-8-4-2-6-13(12)15;/h1-8,10,20H,9H2;1H. The summed E-state index contributed by atoms with van der Waals surface area (Å²) < 4.78 is 38.9. The van der Waals surface area contributed by atoms with Crippen molar-refractivity contribution in [3.8, 4) is 0 Å². The van der Waals surface area contributed by atoms with Crippen molar-refractivity contribution in [3.63, 3.8) is 0 Å². The third-order valence-electron chi connectivity index (χ3n) is 3.38. The maximum absolute atomic E-state index is 13.0. The van der Waals surface area contributed by atoms with Crippen molar-refractivity contribution in [2.75, 3.05) is 0 Å². The molecule has 0 atom stereocenters. The zero-order chi connectivity index (χ0) is 14.2. The van der Waals surface area contributed by atoms with Crippen LogP contribution in [-0.4, -0.2) is 4.98 Å². The normalized spacial score (nSPS) is 11.4. The fourth-order valence-corrected chi connectivity index (χ4v) is 2.43. The van der Waals surface area contributed by atoms with Crippen molar-refractivity contribution in [2.45, 2.75) is 12.6 Å². The van der Waals surface area contributed by atoms with E-state index in [2.05, 4.69) is 4.98 Å². The van der Waals surface area contributed by atoms with Gasteiger partial charge in [0.25, 0.3) is 0 Å². The average Bonchev–Trinajstić information content (AvgIpc) is 2.82. The minimum atomic E-state index is -4.32. The van der Waals surface area contributed by atoms with Gasteiger partial charge in [-0.1, -0.05) is 36.4 Å². The maximum atomic E-state index is 13.0. The van der Waals surface area contributed by atoms with Gasteiger partial charge in [0, 0.05) is 23.5 Å². The van der Waals surface area contributed by atoms with Gasteiger partial charge < -0.3 is 4.98 Å². The van der Waals surface area contributed by atoms with E-state index < -0.39 is 11.7 Å². The largest absolute Gasteiger partial charge is 0.416 e. The predicted octanol–water partition coefficient (Wildman–Crippen LogP) is 5.20. The van der Waals surface area contributed by atoms with Gasteiger partial charge in [-0.25, -0.2) is 0 Å². The van der Waals surface area contributed by atoms with E-state index in [4.69, 9.17) is 0 Å². The number of H-pyrrole nitrogens is 1. The first-order chi connectivity index (χ1) is 9.55. The van der Waals surface area contributed by atoms with E-state index in [9.17, 15) is 13.2 Å². The minimum absolute atomic E-state index is 0. The summed E-state index contributed by atoms with van der Waals surface area (Å²) in [6.07, 6.45) is -2.28. The van der Waals surface area contributed by atoms with E-state index in [1.807, 2.05) is 24.3 Å². The summed E-state index contributed by atoms with van der Waals surface area (Å²) in [6.45, 7) is 0. The van der Waals surface area contributed by atoms with Crippen molar-refractivity contribution in [1.29, 1.82) is 0 Å². The first-order valence-electron chi connectivity index (χ1n) is 6.26. The van der Waals surface area contributed by atoms with E-state index in [0.29, 0.717) is 5.56 Å². The quantitative estimate of drug-likeness (QED) is 0.669. The summed E-state index contributed by atoms with van der Waals surface area (Å²) in [6, 6.07) is 13.3. The Morgan fingerprint density at radius 2 is 1.52 bits per heavy atom. The van der Waals surface area contributed by atoms with Crippen LogP contribution < -0.4 is 0 Å². The third-order valence-corrected chi connectivity index (χ3v) is 3.38. The molecule has 0 aliphatic heterocycles. The molecule has 0 saturated heterocycles. The molecule has 2 aromatic carbocycles. The average molecular weight is 312 g/mol. The number of aromatic nitrogens is 1. The number of nitrogens with one attached hydrogen (secondary N) is 1. The second kappa shape index (κ2) is 5.82. The Kier molecular flexibility index (Phi) is 4.28. The molecule has 110 valence electrons. The fourth-order valence-electron chi connectivity index (χ4n) is 2.43. The smallest absolute Gasteiger partial charge is 0.361 e. The summed E-state index contributed by atoms with van der Waals surface area (Å²) in [5.74, 6) is 0. The Bertz CT molecular complexity index is 746. The highest BCUT2D eigenvalue weighted by atomic mass is 35.5. The van der Waals surface area contributed by atoms with Crippen molar-refractivity contribution in [2.24, 2.45) is 0 Å². The first-order valence-corrected chi connectivity index (χ1v) is 6.26. The number of alkyl halides is 3. The molecule has 1 aromatic heterocycles. The number of fused-ring (bicyclic) bond motifs is 1. The molecule has 3 aromatic rings. The highest BCUT2D eigenvalue weighted by molar-refractivity contribution is 5.85. The van der Waals surface area contributed by atoms with Gasteiger partial charge in [0.2, 0.25) is 0 Å². The van der Waals surface area contributed by atoms with Crippen molar-refractivity contribution >= 4 is 23.3 Å². The van der Waals surface area contributed by atoms with Gasteiger partial charge in [0.1, 0.15) is 0 Å². The Morgan fingerprint density at radius 1 is 0.857 bits per heavy atom. The fraction of sp³-hybridized carbons (Fsp3) is 0.125. The van der Waals surface area contributed by atoms with Gasteiger partial charge in [-0.05, 0) is 23.3 Å². The van der Waals surface area contributed by atoms with Gasteiger partial charge >= 0.3 is 6.18 Å². The second-order valence-electron chi connectivity index (χ2n) is 4.69. The van der Waals surface area contributed by atoms with Crippen LogP contribution in [0.3, 0.4) is 0 Å². The van der Waals surface area contributed by atoms with Crippen molar-refractivity contribution in [3.05, 3.63) is 71.4 Å². The lowest BCUT2D eigenvalue weighted by atomic mass is 9.99. The topological polar surface area (TPSA) is 15.8 Å². The molecule has 0 unspecified atom stereocenters. The molecule has 0 saturated carbocycles. The minimum Gasteiger partial charge on any atom is -0.361 e. The van der Waals surface area contributed by atoms with Crippen LogP contribution in [0.2, 0.25) is 0 Å². The number of aromatic amines is 1. The molecule has 0 bridgehead atoms. The van der Waals surface area contributed by atoms with Crippen LogP contribution in [0.1, 0.15) is 16.7 Å². The zero-order valence-electron chi connectivity index (χ0n) is 10.9. The highest BCUT2D eigenvalue weighted by Crippen LogP contribution is 2.33. The molecule has 0 spiro atoms. The summed E-state index contributed by atoms with van der Waals surface area (Å²) in [7, 11) is 0. The summed E-state index contributed by atoms with van der Waals surface area (Å²) in [5.41, 5.74) is 1.54. The number of para-hydroxylation sites is 1. The predicted molar refractivity (Wildman–Crippen MR) is 79.8 cm³/mol. The molecule has 1 nitrogen and oxygen atoms in total. The van der Waals surface area contributed by atoms with Gasteiger partial charge in [0.05, 0.1) is 5.56 Å². The number of rotatable bonds is 2. The van der Waals surface area contributed by atoms with Crippen LogP contribution in [0.25, 0.3) is 10.9 Å². The van der Waals surface area contributed by atoms with E-state index >= 15 is 0 Å². The van der Waals surface area contributed by atoms with Crippen LogP contribution in [0.15, 0.2) is 54.7 Å². The van der Waals surface area contributed by atoms with Crippen LogP contribution in [0.5, 0.6) is 0 Å². The number of halogens is 4. The monoisotopic (exact) mass is 311 g/mol. The lowest BCUT2D eigenvalue weighted by Gasteiger charge is -2.12. The molecule has 0 fully saturated rings. The summed E-state index contributed by atoms with van der Waals surface area (Å²) in [5, 5.41) is 0.962. The second-order valence-corrected chi connectivity index (χ2v) is 4.69. The molecule has 0 aliphatic rings. The Balaban J connectivity index is 0.00000161. The molecular weight excluding hydrogens is 299 g/mol. The van der Waals surface area contributed by atoms with E-state index in [1.165, 1.54) is 12.1 Å². The Hall–Kier alpha value is -1.94. The zero-order valence-corrected chi connectivity index (χ0v) is 11.8. The third kappa shape index (κ3) is 3.05. The van der Waals surface area contributed by atoms with Crippen LogP contribution >= 0.6 is 12.4 Å². The number of hydrogen-bond donors (Lipinski definition) is 1. The van der Waals surface area contributed by atoms with Crippen molar-refractivity contribution < 1.29 is 13.2 Å². The molecule has 0 radical (unpaired) electrons. The molecular formula is C16H13ClF3N. The molecule has 1 N–H and O–H groups in total. The molecule has 0 aliphatic carbocycles. The molecule has 5 heteroatoms. The van der Waals surface area contributed by atoms with Gasteiger partial charge in [-0.3, -0.25) is 0 Å². The number of hydrogen-bond acceptors (Lipinski definition) is 0. The molecule has 1 heterocycles. The van der Waals surface area contributed by atoms with E-state index in [1.54, 1.807) is 12.3 Å².